The SMILES string of the molecule is [C-]#[N+]C#CCN(C)C(=O)COC. The van der Waals surface area contributed by atoms with Crippen LogP contribution < -0.4 is 0 Å². The van der Waals surface area contributed by atoms with Crippen LogP contribution in [0.3, 0.4) is 0 Å². The molecule has 0 aliphatic heterocycles. The fourth-order valence-electron chi connectivity index (χ4n) is 0.515. The maximum atomic E-state index is 11.0. The maximum absolute atomic E-state index is 11.0. The van der Waals surface area contributed by atoms with E-state index in [1.54, 1.807) is 7.05 Å². The van der Waals surface area contributed by atoms with E-state index < -0.39 is 0 Å². The summed E-state index contributed by atoms with van der Waals surface area (Å²) in [6.07, 6.45) is 0. The zero-order valence-corrected chi connectivity index (χ0v) is 7.13. The first-order chi connectivity index (χ1) is 5.72. The second kappa shape index (κ2) is 6.21. The fraction of sp³-hybridized carbons (Fsp3) is 0.500. The lowest BCUT2D eigenvalue weighted by Gasteiger charge is -2.12. The molecule has 0 unspecified atom stereocenters. The molecule has 0 rings (SSSR count). The van der Waals surface area contributed by atoms with Crippen molar-refractivity contribution in [3.63, 3.8) is 0 Å². The van der Waals surface area contributed by atoms with E-state index in [4.69, 9.17) is 6.57 Å². The number of methoxy groups -OCH3 is 1. The molecule has 1 amide bonds. The summed E-state index contributed by atoms with van der Waals surface area (Å²) in [6, 6.07) is 2.18. The van der Waals surface area contributed by atoms with Crippen LogP contribution in [0.1, 0.15) is 0 Å². The lowest BCUT2D eigenvalue weighted by Crippen LogP contribution is -2.30. The van der Waals surface area contributed by atoms with Gasteiger partial charge in [-0.1, -0.05) is 0 Å². The summed E-state index contributed by atoms with van der Waals surface area (Å²) >= 11 is 0. The predicted octanol–water partition coefficient (Wildman–Crippen LogP) is -0.0286. The van der Waals surface area contributed by atoms with Crippen molar-refractivity contribution in [1.29, 1.82) is 0 Å². The van der Waals surface area contributed by atoms with E-state index in [1.165, 1.54) is 12.0 Å². The summed E-state index contributed by atoms with van der Waals surface area (Å²) in [5.41, 5.74) is 0. The van der Waals surface area contributed by atoms with Crippen LogP contribution in [-0.2, 0) is 9.53 Å². The molecule has 0 aromatic rings. The number of amides is 1. The zero-order valence-electron chi connectivity index (χ0n) is 7.13. The molecule has 0 aliphatic rings. The van der Waals surface area contributed by atoms with Crippen LogP contribution in [-0.4, -0.2) is 38.1 Å². The molecule has 0 aromatic heterocycles. The molecule has 0 saturated heterocycles. The third-order valence-electron chi connectivity index (χ3n) is 1.14. The number of rotatable bonds is 3. The van der Waals surface area contributed by atoms with Crippen LogP contribution in [0.4, 0.5) is 0 Å². The molecule has 0 aliphatic carbocycles. The van der Waals surface area contributed by atoms with Gasteiger partial charge >= 0.3 is 0 Å². The Labute approximate surface area is 71.9 Å². The van der Waals surface area contributed by atoms with E-state index in [-0.39, 0.29) is 19.1 Å². The van der Waals surface area contributed by atoms with E-state index >= 15 is 0 Å². The van der Waals surface area contributed by atoms with Gasteiger partial charge in [0.05, 0.1) is 6.54 Å². The second-order valence-corrected chi connectivity index (χ2v) is 2.08. The average Bonchev–Trinajstić information content (AvgIpc) is 2.05. The topological polar surface area (TPSA) is 33.9 Å². The molecule has 0 bridgehead atoms. The largest absolute Gasteiger partial charge is 0.375 e. The van der Waals surface area contributed by atoms with Gasteiger partial charge in [-0.25, -0.2) is 0 Å². The molecular weight excluding hydrogens is 156 g/mol. The Balaban J connectivity index is 3.80. The number of carbonyl (C=O) groups excluding carboxylic acids is 1. The van der Waals surface area contributed by atoms with Crippen molar-refractivity contribution >= 4 is 5.91 Å². The van der Waals surface area contributed by atoms with Crippen molar-refractivity contribution in [3.05, 3.63) is 11.4 Å². The molecule has 64 valence electrons. The summed E-state index contributed by atoms with van der Waals surface area (Å²) in [6.45, 7) is 6.68. The van der Waals surface area contributed by atoms with Crippen molar-refractivity contribution in [3.8, 4) is 12.0 Å². The van der Waals surface area contributed by atoms with Crippen LogP contribution in [0.5, 0.6) is 0 Å². The van der Waals surface area contributed by atoms with Crippen molar-refractivity contribution < 1.29 is 9.53 Å². The van der Waals surface area contributed by atoms with Crippen LogP contribution in [0.15, 0.2) is 0 Å². The molecule has 0 radical (unpaired) electrons. The van der Waals surface area contributed by atoms with Crippen molar-refractivity contribution in [2.45, 2.75) is 0 Å². The second-order valence-electron chi connectivity index (χ2n) is 2.08. The summed E-state index contributed by atoms with van der Waals surface area (Å²) in [5, 5.41) is 0. The molecule has 4 heteroatoms. The van der Waals surface area contributed by atoms with E-state index in [2.05, 4.69) is 21.5 Å². The lowest BCUT2D eigenvalue weighted by atomic mass is 10.5. The third kappa shape index (κ3) is 4.32. The molecule has 0 fully saturated rings. The molecule has 0 aromatic carbocycles. The van der Waals surface area contributed by atoms with Crippen LogP contribution in [0, 0.1) is 18.5 Å². The Morgan fingerprint density at radius 2 is 2.42 bits per heavy atom. The van der Waals surface area contributed by atoms with Gasteiger partial charge in [0, 0.05) is 14.2 Å². The Kier molecular flexibility index (Phi) is 5.42. The Morgan fingerprint density at radius 3 is 2.92 bits per heavy atom. The highest BCUT2D eigenvalue weighted by Crippen LogP contribution is 1.83. The first-order valence-corrected chi connectivity index (χ1v) is 3.29. The number of hydrogen-bond donors (Lipinski definition) is 0. The van der Waals surface area contributed by atoms with E-state index in [1.807, 2.05) is 0 Å². The number of ether oxygens (including phenoxy) is 1. The minimum atomic E-state index is -0.142. The third-order valence-corrected chi connectivity index (χ3v) is 1.14. The van der Waals surface area contributed by atoms with Gasteiger partial charge in [0.2, 0.25) is 5.91 Å². The van der Waals surface area contributed by atoms with Gasteiger partial charge in [-0.15, -0.1) is 5.92 Å². The number of likely N-dealkylation sites (N-methyl/N-ethyl adjacent to an activating group) is 1. The van der Waals surface area contributed by atoms with E-state index in [9.17, 15) is 4.79 Å². The van der Waals surface area contributed by atoms with Gasteiger partial charge in [0.25, 0.3) is 0 Å². The van der Waals surface area contributed by atoms with Crippen LogP contribution in [0.25, 0.3) is 4.85 Å². The van der Waals surface area contributed by atoms with Gasteiger partial charge in [0.1, 0.15) is 19.2 Å². The molecule has 0 atom stereocenters. The first kappa shape index (κ1) is 10.5. The molecule has 0 N–H and O–H groups in total. The van der Waals surface area contributed by atoms with Crippen molar-refractivity contribution in [2.75, 3.05) is 27.3 Å². The Bertz CT molecular complexity index is 244. The minimum absolute atomic E-state index is 0.0518. The number of hydrogen-bond acceptors (Lipinski definition) is 2. The highest BCUT2D eigenvalue weighted by atomic mass is 16.5. The van der Waals surface area contributed by atoms with Gasteiger partial charge in [0.15, 0.2) is 0 Å². The lowest BCUT2D eigenvalue weighted by molar-refractivity contribution is -0.133. The standard InChI is InChI=1S/C8H10N2O2/c1-9-5-4-6-10(2)8(11)7-12-3/h6-7H2,2-3H3. The van der Waals surface area contributed by atoms with Gasteiger partial charge in [-0.3, -0.25) is 4.79 Å². The van der Waals surface area contributed by atoms with Crippen molar-refractivity contribution in [1.82, 2.24) is 4.90 Å². The summed E-state index contributed by atoms with van der Waals surface area (Å²) in [4.78, 5) is 15.2. The quantitative estimate of drug-likeness (QED) is 0.436. The molecule has 0 saturated carbocycles. The normalized spacial score (nSPS) is 7.75. The summed E-state index contributed by atoms with van der Waals surface area (Å²) < 4.78 is 4.63. The molecule has 0 spiro atoms. The predicted molar refractivity (Wildman–Crippen MR) is 43.9 cm³/mol. The molecule has 4 nitrogen and oxygen atoms in total. The van der Waals surface area contributed by atoms with Gasteiger partial charge < -0.3 is 9.64 Å². The fourth-order valence-corrected chi connectivity index (χ4v) is 0.515. The number of nitrogens with zero attached hydrogens (tertiary/aromatic N) is 2. The van der Waals surface area contributed by atoms with Gasteiger partial charge in [-0.05, 0) is 0 Å². The van der Waals surface area contributed by atoms with Gasteiger partial charge in [-0.2, -0.15) is 4.85 Å². The van der Waals surface area contributed by atoms with E-state index in [0.717, 1.165) is 0 Å². The summed E-state index contributed by atoms with van der Waals surface area (Å²) in [5.74, 6) is 2.38. The molecule has 0 heterocycles. The monoisotopic (exact) mass is 166 g/mol. The average molecular weight is 166 g/mol. The molecular formula is C8H10N2O2. The Morgan fingerprint density at radius 1 is 1.75 bits per heavy atom. The zero-order chi connectivity index (χ0) is 9.40. The smallest absolute Gasteiger partial charge is 0.249 e. The van der Waals surface area contributed by atoms with Crippen LogP contribution >= 0.6 is 0 Å². The first-order valence-electron chi connectivity index (χ1n) is 3.29. The highest BCUT2D eigenvalue weighted by Gasteiger charge is 2.04. The highest BCUT2D eigenvalue weighted by molar-refractivity contribution is 5.77. The minimum Gasteiger partial charge on any atom is -0.375 e. The van der Waals surface area contributed by atoms with Crippen LogP contribution in [0.2, 0.25) is 0 Å². The summed E-state index contributed by atoms with van der Waals surface area (Å²) in [7, 11) is 3.07. The maximum Gasteiger partial charge on any atom is 0.249 e. The Hall–Kier alpha value is -1.52. The van der Waals surface area contributed by atoms with Crippen molar-refractivity contribution in [2.24, 2.45) is 0 Å². The van der Waals surface area contributed by atoms with E-state index in [0.29, 0.717) is 0 Å². The number of carbonyl (C=O) groups is 1. The molecule has 12 heavy (non-hydrogen) atoms.